The zero-order chi connectivity index (χ0) is 15.6. The number of benzene rings is 1. The number of aromatic carboxylic acids is 1. The lowest BCUT2D eigenvalue weighted by Crippen LogP contribution is -2.32. The minimum absolute atomic E-state index is 0.0182. The van der Waals surface area contributed by atoms with Gasteiger partial charge in [0.05, 0.1) is 12.3 Å². The second kappa shape index (κ2) is 5.87. The molecule has 6 nitrogen and oxygen atoms in total. The molecule has 0 aliphatic rings. The van der Waals surface area contributed by atoms with E-state index in [4.69, 9.17) is 4.42 Å². The molecule has 0 fully saturated rings. The molecule has 21 heavy (non-hydrogen) atoms. The molecule has 1 atom stereocenters. The number of carbonyl (C=O) groups is 1. The summed E-state index contributed by atoms with van der Waals surface area (Å²) in [7, 11) is -3.09. The van der Waals surface area contributed by atoms with Gasteiger partial charge in [0.1, 0.15) is 26.7 Å². The molecule has 0 saturated heterocycles. The number of rotatable bonds is 6. The Morgan fingerprint density at radius 1 is 1.38 bits per heavy atom. The molecular weight excluding hydrogens is 294 g/mol. The van der Waals surface area contributed by atoms with Crippen LogP contribution >= 0.6 is 0 Å². The van der Waals surface area contributed by atoms with Gasteiger partial charge in [-0.25, -0.2) is 13.2 Å². The summed E-state index contributed by atoms with van der Waals surface area (Å²) in [5.41, 5.74) is 0.618. The van der Waals surface area contributed by atoms with E-state index in [1.165, 1.54) is 0 Å². The van der Waals surface area contributed by atoms with Crippen molar-refractivity contribution in [2.24, 2.45) is 0 Å². The Balaban J connectivity index is 2.22. The van der Waals surface area contributed by atoms with Crippen LogP contribution in [0.2, 0.25) is 0 Å². The van der Waals surface area contributed by atoms with E-state index in [9.17, 15) is 18.3 Å². The SMILES string of the molecule is CC(CS(C)(=O)=O)NCc1oc2ccccc2c1C(=O)O. The largest absolute Gasteiger partial charge is 0.478 e. The third kappa shape index (κ3) is 3.83. The van der Waals surface area contributed by atoms with Gasteiger partial charge in [0.15, 0.2) is 0 Å². The number of nitrogens with one attached hydrogen (secondary N) is 1. The van der Waals surface area contributed by atoms with Crippen LogP contribution < -0.4 is 5.32 Å². The third-order valence-electron chi connectivity index (χ3n) is 3.05. The molecule has 0 amide bonds. The van der Waals surface area contributed by atoms with E-state index in [-0.39, 0.29) is 23.9 Å². The highest BCUT2D eigenvalue weighted by Crippen LogP contribution is 2.25. The van der Waals surface area contributed by atoms with Crippen molar-refractivity contribution in [3.63, 3.8) is 0 Å². The van der Waals surface area contributed by atoms with Crippen LogP contribution in [0.25, 0.3) is 11.0 Å². The maximum absolute atomic E-state index is 11.4. The lowest BCUT2D eigenvalue weighted by atomic mass is 10.1. The lowest BCUT2D eigenvalue weighted by molar-refractivity contribution is 0.0696. The van der Waals surface area contributed by atoms with Crippen molar-refractivity contribution in [2.75, 3.05) is 12.0 Å². The predicted octanol–water partition coefficient (Wildman–Crippen LogP) is 1.65. The molecule has 7 heteroatoms. The summed E-state index contributed by atoms with van der Waals surface area (Å²) in [6, 6.07) is 6.60. The number of sulfone groups is 1. The van der Waals surface area contributed by atoms with Crippen molar-refractivity contribution >= 4 is 26.8 Å². The molecule has 1 heterocycles. The van der Waals surface area contributed by atoms with Crippen LogP contribution in [-0.4, -0.2) is 37.5 Å². The standard InChI is InChI=1S/C14H17NO5S/c1-9(8-21(2,18)19)15-7-12-13(14(16)17)10-5-3-4-6-11(10)20-12/h3-6,9,15H,7-8H2,1-2H3,(H,16,17). The highest BCUT2D eigenvalue weighted by Gasteiger charge is 2.20. The first kappa shape index (κ1) is 15.5. The van der Waals surface area contributed by atoms with E-state index in [0.29, 0.717) is 16.7 Å². The van der Waals surface area contributed by atoms with Gasteiger partial charge in [-0.3, -0.25) is 0 Å². The molecule has 2 N–H and O–H groups in total. The van der Waals surface area contributed by atoms with Crippen LogP contribution in [0.5, 0.6) is 0 Å². The molecule has 0 saturated carbocycles. The van der Waals surface area contributed by atoms with Gasteiger partial charge in [-0.1, -0.05) is 18.2 Å². The van der Waals surface area contributed by atoms with Crippen molar-refractivity contribution in [3.8, 4) is 0 Å². The van der Waals surface area contributed by atoms with E-state index in [1.54, 1.807) is 31.2 Å². The number of hydrogen-bond acceptors (Lipinski definition) is 5. The Bertz CT molecular complexity index is 763. The van der Waals surface area contributed by atoms with E-state index < -0.39 is 15.8 Å². The molecule has 1 aromatic heterocycles. The van der Waals surface area contributed by atoms with E-state index in [1.807, 2.05) is 0 Å². The lowest BCUT2D eigenvalue weighted by Gasteiger charge is -2.11. The average Bonchev–Trinajstić information content (AvgIpc) is 2.72. The summed E-state index contributed by atoms with van der Waals surface area (Å²) in [4.78, 5) is 11.4. The Morgan fingerprint density at radius 2 is 2.05 bits per heavy atom. The van der Waals surface area contributed by atoms with Gasteiger partial charge in [0.2, 0.25) is 0 Å². The molecule has 0 radical (unpaired) electrons. The summed E-state index contributed by atoms with van der Waals surface area (Å²) in [5, 5.41) is 12.8. The summed E-state index contributed by atoms with van der Waals surface area (Å²) in [5.74, 6) is -0.785. The van der Waals surface area contributed by atoms with Crippen LogP contribution in [0.15, 0.2) is 28.7 Å². The maximum Gasteiger partial charge on any atom is 0.339 e. The van der Waals surface area contributed by atoms with Crippen molar-refractivity contribution in [1.29, 1.82) is 0 Å². The van der Waals surface area contributed by atoms with Crippen molar-refractivity contribution in [3.05, 3.63) is 35.6 Å². The van der Waals surface area contributed by atoms with Crippen LogP contribution in [0.1, 0.15) is 23.0 Å². The normalized spacial score (nSPS) is 13.4. The van der Waals surface area contributed by atoms with Gasteiger partial charge in [-0.15, -0.1) is 0 Å². The van der Waals surface area contributed by atoms with Gasteiger partial charge in [-0.2, -0.15) is 0 Å². The fourth-order valence-electron chi connectivity index (χ4n) is 2.24. The summed E-state index contributed by atoms with van der Waals surface area (Å²) >= 11 is 0. The monoisotopic (exact) mass is 311 g/mol. The number of carboxylic acid groups (broad SMARTS) is 1. The quantitative estimate of drug-likeness (QED) is 0.842. The topological polar surface area (TPSA) is 96.6 Å². The van der Waals surface area contributed by atoms with Crippen LogP contribution in [0.4, 0.5) is 0 Å². The molecule has 1 unspecified atom stereocenters. The van der Waals surface area contributed by atoms with Crippen molar-refractivity contribution < 1.29 is 22.7 Å². The van der Waals surface area contributed by atoms with Gasteiger partial charge >= 0.3 is 5.97 Å². The molecule has 2 aromatic rings. The molecule has 2 rings (SSSR count). The fourth-order valence-corrected chi connectivity index (χ4v) is 3.26. The number of hydrogen-bond donors (Lipinski definition) is 2. The Morgan fingerprint density at radius 3 is 2.67 bits per heavy atom. The number of furan rings is 1. The molecule has 0 aliphatic heterocycles. The molecule has 114 valence electrons. The highest BCUT2D eigenvalue weighted by atomic mass is 32.2. The van der Waals surface area contributed by atoms with Crippen molar-refractivity contribution in [1.82, 2.24) is 5.32 Å². The molecule has 0 aliphatic carbocycles. The van der Waals surface area contributed by atoms with Crippen LogP contribution in [0, 0.1) is 0 Å². The second-order valence-corrected chi connectivity index (χ2v) is 7.26. The van der Waals surface area contributed by atoms with E-state index >= 15 is 0 Å². The second-order valence-electron chi connectivity index (χ2n) is 5.08. The van der Waals surface area contributed by atoms with Gasteiger partial charge in [0.25, 0.3) is 0 Å². The van der Waals surface area contributed by atoms with Crippen molar-refractivity contribution in [2.45, 2.75) is 19.5 Å². The van der Waals surface area contributed by atoms with E-state index in [2.05, 4.69) is 5.32 Å². The van der Waals surface area contributed by atoms with Crippen LogP contribution in [-0.2, 0) is 16.4 Å². The van der Waals surface area contributed by atoms with Gasteiger partial charge in [0, 0.05) is 17.7 Å². The summed E-state index contributed by atoms with van der Waals surface area (Å²) < 4.78 is 28.0. The third-order valence-corrected chi connectivity index (χ3v) is 4.15. The zero-order valence-electron chi connectivity index (χ0n) is 11.8. The predicted molar refractivity (Wildman–Crippen MR) is 79.2 cm³/mol. The Hall–Kier alpha value is -1.86. The summed E-state index contributed by atoms with van der Waals surface area (Å²) in [6.07, 6.45) is 1.16. The first-order valence-corrected chi connectivity index (χ1v) is 8.49. The average molecular weight is 311 g/mol. The minimum atomic E-state index is -3.09. The molecule has 0 bridgehead atoms. The maximum atomic E-state index is 11.4. The number of carboxylic acids is 1. The first-order chi connectivity index (χ1) is 9.78. The zero-order valence-corrected chi connectivity index (χ0v) is 12.6. The summed E-state index contributed by atoms with van der Waals surface area (Å²) in [6.45, 7) is 1.89. The highest BCUT2D eigenvalue weighted by molar-refractivity contribution is 7.90. The molecule has 1 aromatic carbocycles. The van der Waals surface area contributed by atoms with Gasteiger partial charge < -0.3 is 14.8 Å². The van der Waals surface area contributed by atoms with Crippen LogP contribution in [0.3, 0.4) is 0 Å². The minimum Gasteiger partial charge on any atom is -0.478 e. The first-order valence-electron chi connectivity index (χ1n) is 6.42. The van der Waals surface area contributed by atoms with Gasteiger partial charge in [-0.05, 0) is 13.0 Å². The molecule has 0 spiro atoms. The Kier molecular flexibility index (Phi) is 4.34. The fraction of sp³-hybridized carbons (Fsp3) is 0.357. The Labute approximate surface area is 122 Å². The van der Waals surface area contributed by atoms with E-state index in [0.717, 1.165) is 6.26 Å². The smallest absolute Gasteiger partial charge is 0.339 e. The number of fused-ring (bicyclic) bond motifs is 1. The number of para-hydroxylation sites is 1. The molecular formula is C14H17NO5S.